The maximum Gasteiger partial charge on any atom is 0.295 e. The number of aromatic nitrogens is 2. The summed E-state index contributed by atoms with van der Waals surface area (Å²) in [4.78, 5) is 0. The smallest absolute Gasteiger partial charge is 0.218 e. The summed E-state index contributed by atoms with van der Waals surface area (Å²) >= 11 is 0. The third-order valence-electron chi connectivity index (χ3n) is 6.51. The predicted molar refractivity (Wildman–Crippen MR) is 148 cm³/mol. The molecule has 1 heterocycles. The van der Waals surface area contributed by atoms with Gasteiger partial charge in [0.05, 0.1) is 5.56 Å². The van der Waals surface area contributed by atoms with Crippen molar-refractivity contribution in [2.45, 2.75) is 6.54 Å². The molecule has 0 aliphatic carbocycles. The Bertz CT molecular complexity index is 1450. The molecule has 0 aliphatic rings. The minimum absolute atomic E-state index is 0.759. The lowest BCUT2D eigenvalue weighted by Gasteiger charge is -2.08. The summed E-state index contributed by atoms with van der Waals surface area (Å²) < 4.78 is 4.91. The lowest BCUT2D eigenvalue weighted by atomic mass is 10.0. The molecule has 36 heavy (non-hydrogen) atoms. The highest BCUT2D eigenvalue weighted by Gasteiger charge is 2.34. The number of para-hydroxylation sites is 1. The third-order valence-corrected chi connectivity index (χ3v) is 6.51. The zero-order valence-electron chi connectivity index (χ0n) is 20.0. The molecule has 0 N–H and O–H groups in total. The fraction of sp³-hybridized carbons (Fsp3) is 0.0294. The van der Waals surface area contributed by atoms with Crippen LogP contribution in [0.1, 0.15) is 5.56 Å². The van der Waals surface area contributed by atoms with Gasteiger partial charge in [0, 0.05) is 11.1 Å². The van der Waals surface area contributed by atoms with Crippen molar-refractivity contribution >= 4 is 0 Å². The van der Waals surface area contributed by atoms with Crippen LogP contribution in [0.25, 0.3) is 39.6 Å². The monoisotopic (exact) mass is 463 g/mol. The van der Waals surface area contributed by atoms with E-state index in [9.17, 15) is 0 Å². The van der Waals surface area contributed by atoms with Crippen molar-refractivity contribution in [2.75, 3.05) is 0 Å². The number of hydrogen-bond acceptors (Lipinski definition) is 0. The molecule has 2 heteroatoms. The van der Waals surface area contributed by atoms with Crippen LogP contribution in [0.3, 0.4) is 0 Å². The second-order valence-electron chi connectivity index (χ2n) is 8.86. The summed E-state index contributed by atoms with van der Waals surface area (Å²) in [6.45, 7) is 0.759. The number of benzene rings is 5. The molecule has 0 fully saturated rings. The molecule has 0 aliphatic heterocycles. The van der Waals surface area contributed by atoms with E-state index in [0.29, 0.717) is 0 Å². The van der Waals surface area contributed by atoms with Crippen LogP contribution in [0.5, 0.6) is 0 Å². The number of hydrogen-bond donors (Lipinski definition) is 0. The van der Waals surface area contributed by atoms with Crippen LogP contribution in [0.2, 0.25) is 0 Å². The first-order valence-corrected chi connectivity index (χ1v) is 12.3. The Balaban J connectivity index is 1.78. The Morgan fingerprint density at radius 2 is 0.889 bits per heavy atom. The second kappa shape index (κ2) is 9.89. The van der Waals surface area contributed by atoms with Crippen LogP contribution >= 0.6 is 0 Å². The van der Waals surface area contributed by atoms with Gasteiger partial charge in [-0.05, 0) is 29.8 Å². The van der Waals surface area contributed by atoms with Crippen LogP contribution in [0, 0.1) is 0 Å². The molecule has 0 unspecified atom stereocenters. The standard InChI is InChI=1S/C34H27N2/c1-6-16-27(17-7-1)26-35-32(28-18-8-2-9-19-28)33(29-20-10-3-11-21-29)36(31-24-14-5-15-25-31)34(35)30-22-12-4-13-23-30/h1-25H,26H2/q+1. The summed E-state index contributed by atoms with van der Waals surface area (Å²) in [5.41, 5.74) is 8.34. The highest BCUT2D eigenvalue weighted by molar-refractivity contribution is 5.81. The normalized spacial score (nSPS) is 10.9. The van der Waals surface area contributed by atoms with Gasteiger partial charge in [0.1, 0.15) is 12.2 Å². The fourth-order valence-corrected chi connectivity index (χ4v) is 4.94. The highest BCUT2D eigenvalue weighted by atomic mass is 15.2. The number of rotatable bonds is 6. The average molecular weight is 464 g/mol. The van der Waals surface area contributed by atoms with Gasteiger partial charge in [-0.1, -0.05) is 127 Å². The molecule has 0 atom stereocenters. The maximum atomic E-state index is 2.48. The van der Waals surface area contributed by atoms with Crippen molar-refractivity contribution in [1.82, 2.24) is 4.57 Å². The van der Waals surface area contributed by atoms with Gasteiger partial charge in [0.25, 0.3) is 5.82 Å². The van der Waals surface area contributed by atoms with E-state index in [2.05, 4.69) is 161 Å². The number of nitrogens with zero attached hydrogens (tertiary/aromatic N) is 2. The van der Waals surface area contributed by atoms with E-state index in [1.165, 1.54) is 33.6 Å². The van der Waals surface area contributed by atoms with Crippen LogP contribution in [0.4, 0.5) is 0 Å². The van der Waals surface area contributed by atoms with Crippen molar-refractivity contribution < 1.29 is 4.57 Å². The van der Waals surface area contributed by atoms with Crippen LogP contribution < -0.4 is 4.57 Å². The molecule has 0 bridgehead atoms. The van der Waals surface area contributed by atoms with E-state index >= 15 is 0 Å². The van der Waals surface area contributed by atoms with Crippen molar-refractivity contribution in [3.8, 4) is 39.6 Å². The molecule has 0 radical (unpaired) electrons. The lowest BCUT2D eigenvalue weighted by molar-refractivity contribution is -0.665. The lowest BCUT2D eigenvalue weighted by Crippen LogP contribution is -2.38. The molecule has 0 saturated heterocycles. The first-order chi connectivity index (χ1) is 17.9. The Morgan fingerprint density at radius 1 is 0.444 bits per heavy atom. The topological polar surface area (TPSA) is 8.81 Å². The fourth-order valence-electron chi connectivity index (χ4n) is 4.94. The van der Waals surface area contributed by atoms with Crippen molar-refractivity contribution in [2.24, 2.45) is 0 Å². The van der Waals surface area contributed by atoms with Gasteiger partial charge in [-0.3, -0.25) is 0 Å². The van der Waals surface area contributed by atoms with E-state index in [4.69, 9.17) is 0 Å². The SMILES string of the molecule is c1ccc(C[n+]2c(-c3ccccc3)c(-c3ccccc3)n(-c3ccccc3)c2-c2ccccc2)cc1. The molecule has 0 saturated carbocycles. The highest BCUT2D eigenvalue weighted by Crippen LogP contribution is 2.37. The Labute approximate surface area is 212 Å². The van der Waals surface area contributed by atoms with E-state index in [-0.39, 0.29) is 0 Å². The molecule has 6 aromatic rings. The zero-order chi connectivity index (χ0) is 24.2. The Kier molecular flexibility index (Phi) is 5.99. The van der Waals surface area contributed by atoms with Crippen molar-refractivity contribution in [1.29, 1.82) is 0 Å². The first kappa shape index (κ1) is 21.8. The number of imidazole rings is 1. The Morgan fingerprint density at radius 3 is 1.44 bits per heavy atom. The molecule has 0 spiro atoms. The van der Waals surface area contributed by atoms with E-state index in [1.807, 2.05) is 0 Å². The summed E-state index contributed by atoms with van der Waals surface area (Å²) in [6, 6.07) is 53.7. The van der Waals surface area contributed by atoms with Gasteiger partial charge < -0.3 is 0 Å². The zero-order valence-corrected chi connectivity index (χ0v) is 20.0. The first-order valence-electron chi connectivity index (χ1n) is 12.3. The molecule has 172 valence electrons. The molecule has 6 rings (SSSR count). The van der Waals surface area contributed by atoms with Crippen LogP contribution in [0.15, 0.2) is 152 Å². The van der Waals surface area contributed by atoms with Gasteiger partial charge in [-0.25, -0.2) is 4.57 Å². The molecular weight excluding hydrogens is 436 g/mol. The summed E-state index contributed by atoms with van der Waals surface area (Å²) in [7, 11) is 0. The van der Waals surface area contributed by atoms with E-state index in [0.717, 1.165) is 18.1 Å². The minimum Gasteiger partial charge on any atom is -0.218 e. The molecular formula is C34H27N2+. The predicted octanol–water partition coefficient (Wildman–Crippen LogP) is 7.81. The van der Waals surface area contributed by atoms with Gasteiger partial charge in [-0.2, -0.15) is 4.57 Å². The van der Waals surface area contributed by atoms with Crippen molar-refractivity contribution in [3.63, 3.8) is 0 Å². The molecule has 2 nitrogen and oxygen atoms in total. The minimum atomic E-state index is 0.759. The third kappa shape index (κ3) is 4.14. The van der Waals surface area contributed by atoms with Gasteiger partial charge in [-0.15, -0.1) is 0 Å². The summed E-state index contributed by atoms with van der Waals surface area (Å²) in [5, 5.41) is 0. The van der Waals surface area contributed by atoms with E-state index in [1.54, 1.807) is 0 Å². The van der Waals surface area contributed by atoms with Crippen molar-refractivity contribution in [3.05, 3.63) is 157 Å². The second-order valence-corrected chi connectivity index (χ2v) is 8.86. The molecule has 5 aromatic carbocycles. The maximum absolute atomic E-state index is 2.48. The summed E-state index contributed by atoms with van der Waals surface area (Å²) in [6.07, 6.45) is 0. The molecule has 1 aromatic heterocycles. The average Bonchev–Trinajstić information content (AvgIpc) is 3.30. The quantitative estimate of drug-likeness (QED) is 0.223. The Hall–Kier alpha value is -4.69. The summed E-state index contributed by atoms with van der Waals surface area (Å²) in [5.74, 6) is 1.16. The van der Waals surface area contributed by atoms with Gasteiger partial charge in [0.2, 0.25) is 0 Å². The van der Waals surface area contributed by atoms with Gasteiger partial charge in [0.15, 0.2) is 11.4 Å². The van der Waals surface area contributed by atoms with E-state index < -0.39 is 0 Å². The van der Waals surface area contributed by atoms with Crippen LogP contribution in [-0.2, 0) is 6.54 Å². The van der Waals surface area contributed by atoms with Gasteiger partial charge >= 0.3 is 0 Å². The molecule has 0 amide bonds. The largest absolute Gasteiger partial charge is 0.295 e. The van der Waals surface area contributed by atoms with Crippen LogP contribution in [-0.4, -0.2) is 4.57 Å².